The molecule has 3 atom stereocenters. The first-order chi connectivity index (χ1) is 12.3. The third-order valence-corrected chi connectivity index (χ3v) is 6.69. The molecule has 0 aromatic carbocycles. The van der Waals surface area contributed by atoms with Crippen LogP contribution in [-0.2, 0) is 0 Å². The standard InChI is InChI=1S/C21H22N4S/c1-20(2,3)14-4-5-17-15(8-14)18(13-6-7-26-10-13)16(9-22)19(25)21(17,11-23)12-24/h5-7,10,14-15,18H,4,8,25H2,1-3H3. The van der Waals surface area contributed by atoms with Crippen molar-refractivity contribution < 1.29 is 0 Å². The van der Waals surface area contributed by atoms with E-state index in [1.165, 1.54) is 0 Å². The number of thiophene rings is 1. The van der Waals surface area contributed by atoms with E-state index in [4.69, 9.17) is 5.73 Å². The van der Waals surface area contributed by atoms with Crippen molar-refractivity contribution in [3.05, 3.63) is 45.3 Å². The molecule has 0 radical (unpaired) electrons. The second-order valence-electron chi connectivity index (χ2n) is 8.25. The van der Waals surface area contributed by atoms with E-state index >= 15 is 0 Å². The van der Waals surface area contributed by atoms with E-state index in [1.54, 1.807) is 11.3 Å². The summed E-state index contributed by atoms with van der Waals surface area (Å²) >= 11 is 1.58. The van der Waals surface area contributed by atoms with Gasteiger partial charge in [-0.15, -0.1) is 0 Å². The molecule has 5 heteroatoms. The number of nitrogens with zero attached hydrogens (tertiary/aromatic N) is 3. The average molecular weight is 363 g/mol. The van der Waals surface area contributed by atoms with Crippen LogP contribution >= 0.6 is 11.3 Å². The molecule has 3 rings (SSSR count). The zero-order chi connectivity index (χ0) is 19.1. The lowest BCUT2D eigenvalue weighted by atomic mass is 9.55. The maximum absolute atomic E-state index is 9.87. The monoisotopic (exact) mass is 362 g/mol. The summed E-state index contributed by atoms with van der Waals surface area (Å²) in [6.45, 7) is 6.66. The highest BCUT2D eigenvalue weighted by atomic mass is 32.1. The molecule has 3 unspecified atom stereocenters. The number of nitriles is 3. The molecule has 26 heavy (non-hydrogen) atoms. The van der Waals surface area contributed by atoms with Gasteiger partial charge in [0.15, 0.2) is 0 Å². The van der Waals surface area contributed by atoms with Gasteiger partial charge in [-0.05, 0) is 58.1 Å². The Morgan fingerprint density at radius 1 is 1.23 bits per heavy atom. The van der Waals surface area contributed by atoms with Gasteiger partial charge in [0.05, 0.1) is 29.5 Å². The van der Waals surface area contributed by atoms with E-state index in [0.717, 1.165) is 24.0 Å². The van der Waals surface area contributed by atoms with Crippen LogP contribution in [0.25, 0.3) is 0 Å². The van der Waals surface area contributed by atoms with Crippen LogP contribution in [0.15, 0.2) is 39.7 Å². The van der Waals surface area contributed by atoms with Crippen molar-refractivity contribution in [1.82, 2.24) is 0 Å². The van der Waals surface area contributed by atoms with Crippen molar-refractivity contribution in [2.45, 2.75) is 39.5 Å². The van der Waals surface area contributed by atoms with Gasteiger partial charge in [0.2, 0.25) is 5.41 Å². The number of allylic oxidation sites excluding steroid dienone is 3. The van der Waals surface area contributed by atoms with E-state index in [-0.39, 0.29) is 22.9 Å². The Morgan fingerprint density at radius 2 is 1.92 bits per heavy atom. The molecule has 0 saturated heterocycles. The summed E-state index contributed by atoms with van der Waals surface area (Å²) in [5, 5.41) is 33.6. The number of rotatable bonds is 1. The molecule has 0 aliphatic heterocycles. The molecule has 1 aromatic rings. The Bertz CT molecular complexity index is 880. The van der Waals surface area contributed by atoms with E-state index in [1.807, 2.05) is 16.8 Å². The molecule has 2 aliphatic carbocycles. The number of hydrogen-bond donors (Lipinski definition) is 1. The fraction of sp³-hybridized carbons (Fsp3) is 0.476. The van der Waals surface area contributed by atoms with Crippen LogP contribution in [0.3, 0.4) is 0 Å². The van der Waals surface area contributed by atoms with Gasteiger partial charge in [-0.25, -0.2) is 0 Å². The maximum Gasteiger partial charge on any atom is 0.204 e. The third kappa shape index (κ3) is 2.54. The number of hydrogen-bond acceptors (Lipinski definition) is 5. The van der Waals surface area contributed by atoms with E-state index in [2.05, 4.69) is 45.1 Å². The fourth-order valence-electron chi connectivity index (χ4n) is 4.39. The van der Waals surface area contributed by atoms with Crippen LogP contribution in [0, 0.1) is 56.7 Å². The van der Waals surface area contributed by atoms with Gasteiger partial charge in [0, 0.05) is 5.92 Å². The Kier molecular flexibility index (Phi) is 4.43. The van der Waals surface area contributed by atoms with Gasteiger partial charge in [-0.1, -0.05) is 26.8 Å². The quantitative estimate of drug-likeness (QED) is 0.737. The Balaban J connectivity index is 2.26. The molecule has 1 heterocycles. The highest BCUT2D eigenvalue weighted by molar-refractivity contribution is 7.08. The van der Waals surface area contributed by atoms with Gasteiger partial charge < -0.3 is 5.73 Å². The lowest BCUT2D eigenvalue weighted by Crippen LogP contribution is -2.43. The Hall–Kier alpha value is -2.55. The number of nitrogens with two attached hydrogens (primary N) is 1. The van der Waals surface area contributed by atoms with Crippen molar-refractivity contribution in [1.29, 1.82) is 15.8 Å². The predicted octanol–water partition coefficient (Wildman–Crippen LogP) is 4.61. The van der Waals surface area contributed by atoms with Crippen LogP contribution in [0.1, 0.15) is 45.1 Å². The SMILES string of the molecule is CC(C)(C)C1CC=C2C(C1)C(c1ccsc1)C(C#N)=C(N)C2(C#N)C#N. The highest BCUT2D eigenvalue weighted by Crippen LogP contribution is 2.57. The van der Waals surface area contributed by atoms with Crippen LogP contribution < -0.4 is 5.73 Å². The largest absolute Gasteiger partial charge is 0.399 e. The zero-order valence-electron chi connectivity index (χ0n) is 15.3. The van der Waals surface area contributed by atoms with Crippen LogP contribution in [0.2, 0.25) is 0 Å². The average Bonchev–Trinajstić information content (AvgIpc) is 3.14. The molecular weight excluding hydrogens is 340 g/mol. The van der Waals surface area contributed by atoms with E-state index < -0.39 is 5.41 Å². The minimum Gasteiger partial charge on any atom is -0.399 e. The van der Waals surface area contributed by atoms with Crippen molar-refractivity contribution in [3.8, 4) is 18.2 Å². The first kappa shape index (κ1) is 18.2. The second kappa shape index (κ2) is 6.31. The first-order valence-electron chi connectivity index (χ1n) is 8.75. The summed E-state index contributed by atoms with van der Waals surface area (Å²) < 4.78 is 0. The molecule has 0 fully saturated rings. The lowest BCUT2D eigenvalue weighted by Gasteiger charge is -2.46. The van der Waals surface area contributed by atoms with Crippen molar-refractivity contribution in [3.63, 3.8) is 0 Å². The topological polar surface area (TPSA) is 97.4 Å². The fourth-order valence-corrected chi connectivity index (χ4v) is 5.08. The molecular formula is C21H22N4S. The molecule has 0 amide bonds. The minimum atomic E-state index is -1.52. The smallest absolute Gasteiger partial charge is 0.204 e. The van der Waals surface area contributed by atoms with Crippen LogP contribution in [0.5, 0.6) is 0 Å². The van der Waals surface area contributed by atoms with E-state index in [0.29, 0.717) is 11.5 Å². The maximum atomic E-state index is 9.87. The first-order valence-corrected chi connectivity index (χ1v) is 9.69. The summed E-state index contributed by atoms with van der Waals surface area (Å²) in [7, 11) is 0. The lowest BCUT2D eigenvalue weighted by molar-refractivity contribution is 0.180. The zero-order valence-corrected chi connectivity index (χ0v) is 16.1. The molecule has 132 valence electrons. The van der Waals surface area contributed by atoms with Crippen molar-refractivity contribution >= 4 is 11.3 Å². The molecule has 4 nitrogen and oxygen atoms in total. The Labute approximate surface area is 158 Å². The molecule has 1 aromatic heterocycles. The van der Waals surface area contributed by atoms with Gasteiger partial charge in [0.1, 0.15) is 0 Å². The van der Waals surface area contributed by atoms with E-state index in [9.17, 15) is 15.8 Å². The second-order valence-corrected chi connectivity index (χ2v) is 9.03. The predicted molar refractivity (Wildman–Crippen MR) is 101 cm³/mol. The Morgan fingerprint density at radius 3 is 2.42 bits per heavy atom. The summed E-state index contributed by atoms with van der Waals surface area (Å²) in [5.41, 5.74) is 7.20. The normalized spacial score (nSPS) is 27.5. The summed E-state index contributed by atoms with van der Waals surface area (Å²) in [6.07, 6.45) is 3.72. The molecule has 2 aliphatic rings. The minimum absolute atomic E-state index is 0.0520. The van der Waals surface area contributed by atoms with Gasteiger partial charge >= 0.3 is 0 Å². The molecule has 0 spiro atoms. The molecule has 0 bridgehead atoms. The highest BCUT2D eigenvalue weighted by Gasteiger charge is 2.53. The summed E-state index contributed by atoms with van der Waals surface area (Å²) in [6, 6.07) is 8.53. The van der Waals surface area contributed by atoms with Crippen LogP contribution in [0.4, 0.5) is 0 Å². The number of fused-ring (bicyclic) bond motifs is 1. The summed E-state index contributed by atoms with van der Waals surface area (Å²) in [4.78, 5) is 0. The molecule has 2 N–H and O–H groups in total. The third-order valence-electron chi connectivity index (χ3n) is 5.98. The van der Waals surface area contributed by atoms with Gasteiger partial charge in [-0.3, -0.25) is 0 Å². The van der Waals surface area contributed by atoms with Crippen molar-refractivity contribution in [2.24, 2.45) is 28.4 Å². The molecule has 0 saturated carbocycles. The van der Waals surface area contributed by atoms with Gasteiger partial charge in [0.25, 0.3) is 0 Å². The van der Waals surface area contributed by atoms with Crippen molar-refractivity contribution in [2.75, 3.05) is 0 Å². The summed E-state index contributed by atoms with van der Waals surface area (Å²) in [5.74, 6) is 0.188. The van der Waals surface area contributed by atoms with Crippen LogP contribution in [-0.4, -0.2) is 0 Å². The van der Waals surface area contributed by atoms with Gasteiger partial charge in [-0.2, -0.15) is 27.1 Å².